The lowest BCUT2D eigenvalue weighted by atomic mass is 10.0. The van der Waals surface area contributed by atoms with Crippen LogP contribution in [0.1, 0.15) is 34.9 Å². The van der Waals surface area contributed by atoms with Gasteiger partial charge in [0.15, 0.2) is 0 Å². The highest BCUT2D eigenvalue weighted by atomic mass is 16.2. The Morgan fingerprint density at radius 2 is 1.73 bits per heavy atom. The van der Waals surface area contributed by atoms with E-state index >= 15 is 0 Å². The second kappa shape index (κ2) is 7.12. The number of amides is 1. The molecule has 0 spiro atoms. The lowest BCUT2D eigenvalue weighted by molar-refractivity contribution is 0.0694. The summed E-state index contributed by atoms with van der Waals surface area (Å²) in [5.41, 5.74) is 3.01. The number of aromatic nitrogens is 3. The van der Waals surface area contributed by atoms with Gasteiger partial charge in [0.2, 0.25) is 0 Å². The molecule has 0 unspecified atom stereocenters. The molecule has 0 saturated carbocycles. The van der Waals surface area contributed by atoms with Crippen LogP contribution in [0.4, 0.5) is 0 Å². The Labute approximate surface area is 153 Å². The molecule has 5 nitrogen and oxygen atoms in total. The monoisotopic (exact) mass is 346 g/mol. The third kappa shape index (κ3) is 3.12. The predicted octanol–water partition coefficient (Wildman–Crippen LogP) is 3.73. The molecule has 0 radical (unpaired) electrons. The van der Waals surface area contributed by atoms with E-state index < -0.39 is 0 Å². The molecule has 0 atom stereocenters. The van der Waals surface area contributed by atoms with Gasteiger partial charge in [0.1, 0.15) is 5.82 Å². The average Bonchev–Trinajstić information content (AvgIpc) is 3.10. The van der Waals surface area contributed by atoms with E-state index in [1.54, 1.807) is 24.5 Å². The molecule has 4 rings (SSSR count). The summed E-state index contributed by atoms with van der Waals surface area (Å²) in [5.74, 6) is 1.11. The van der Waals surface area contributed by atoms with Crippen molar-refractivity contribution >= 4 is 5.91 Å². The Kier molecular flexibility index (Phi) is 4.52. The van der Waals surface area contributed by atoms with Gasteiger partial charge >= 0.3 is 0 Å². The van der Waals surface area contributed by atoms with E-state index in [2.05, 4.69) is 33.6 Å². The maximum atomic E-state index is 12.6. The minimum Gasteiger partial charge on any atom is -0.338 e. The zero-order valence-corrected chi connectivity index (χ0v) is 14.9. The van der Waals surface area contributed by atoms with Gasteiger partial charge in [0, 0.05) is 54.5 Å². The number of carbonyl (C=O) groups excluding carboxylic acids is 1. The Balaban J connectivity index is 1.51. The third-order valence-corrected chi connectivity index (χ3v) is 5.06. The van der Waals surface area contributed by atoms with Crippen LogP contribution in [0, 0.1) is 6.92 Å². The first-order valence-electron chi connectivity index (χ1n) is 9.02. The molecule has 2 aromatic heterocycles. The molecule has 0 aliphatic carbocycles. The standard InChI is InChI=1S/C21H22N4O/c1-16-15-23-20(17-5-3-2-4-6-17)25(16)19-9-13-24(14-10-19)21(26)18-7-11-22-12-8-18/h2-8,11-12,15,19H,9-10,13-14H2,1H3. The fourth-order valence-corrected chi connectivity index (χ4v) is 3.71. The summed E-state index contributed by atoms with van der Waals surface area (Å²) < 4.78 is 2.34. The maximum Gasteiger partial charge on any atom is 0.253 e. The molecule has 26 heavy (non-hydrogen) atoms. The van der Waals surface area contributed by atoms with Crippen molar-refractivity contribution in [3.63, 3.8) is 0 Å². The van der Waals surface area contributed by atoms with Gasteiger partial charge in [0.05, 0.1) is 0 Å². The van der Waals surface area contributed by atoms with E-state index in [-0.39, 0.29) is 5.91 Å². The summed E-state index contributed by atoms with van der Waals surface area (Å²) in [4.78, 5) is 23.2. The largest absolute Gasteiger partial charge is 0.338 e. The van der Waals surface area contributed by atoms with Crippen LogP contribution in [0.3, 0.4) is 0 Å². The van der Waals surface area contributed by atoms with Crippen LogP contribution in [0.25, 0.3) is 11.4 Å². The summed E-state index contributed by atoms with van der Waals surface area (Å²) in [6.07, 6.45) is 7.15. The lowest BCUT2D eigenvalue weighted by Crippen LogP contribution is -2.39. The Bertz CT molecular complexity index is 881. The molecule has 0 bridgehead atoms. The average molecular weight is 346 g/mol. The Morgan fingerprint density at radius 3 is 2.42 bits per heavy atom. The number of rotatable bonds is 3. The molecule has 3 heterocycles. The normalized spacial score (nSPS) is 15.2. The van der Waals surface area contributed by atoms with Gasteiger partial charge in [-0.3, -0.25) is 9.78 Å². The minimum atomic E-state index is 0.0940. The highest BCUT2D eigenvalue weighted by Crippen LogP contribution is 2.30. The van der Waals surface area contributed by atoms with Crippen LogP contribution in [-0.4, -0.2) is 38.4 Å². The number of aryl methyl sites for hydroxylation is 1. The number of pyridine rings is 1. The predicted molar refractivity (Wildman–Crippen MR) is 101 cm³/mol. The molecular formula is C21H22N4O. The number of hydrogen-bond acceptors (Lipinski definition) is 3. The molecule has 1 saturated heterocycles. The second-order valence-corrected chi connectivity index (χ2v) is 6.72. The van der Waals surface area contributed by atoms with Crippen LogP contribution in [-0.2, 0) is 0 Å². The Morgan fingerprint density at radius 1 is 1.04 bits per heavy atom. The van der Waals surface area contributed by atoms with E-state index in [0.717, 1.165) is 37.3 Å². The van der Waals surface area contributed by atoms with Gasteiger partial charge in [-0.2, -0.15) is 0 Å². The smallest absolute Gasteiger partial charge is 0.253 e. The molecule has 0 N–H and O–H groups in total. The number of imidazole rings is 1. The van der Waals surface area contributed by atoms with Gasteiger partial charge in [-0.1, -0.05) is 30.3 Å². The summed E-state index contributed by atoms with van der Waals surface area (Å²) >= 11 is 0. The summed E-state index contributed by atoms with van der Waals surface area (Å²) in [5, 5.41) is 0. The van der Waals surface area contributed by atoms with E-state index in [1.807, 2.05) is 29.3 Å². The summed E-state index contributed by atoms with van der Waals surface area (Å²) in [6, 6.07) is 14.2. The van der Waals surface area contributed by atoms with Crippen molar-refractivity contribution in [2.24, 2.45) is 0 Å². The van der Waals surface area contributed by atoms with Crippen LogP contribution >= 0.6 is 0 Å². The van der Waals surface area contributed by atoms with Crippen molar-refractivity contribution in [1.82, 2.24) is 19.4 Å². The van der Waals surface area contributed by atoms with Gasteiger partial charge < -0.3 is 9.47 Å². The van der Waals surface area contributed by atoms with Gasteiger partial charge in [-0.05, 0) is 31.9 Å². The number of nitrogens with zero attached hydrogens (tertiary/aromatic N) is 4. The highest BCUT2D eigenvalue weighted by Gasteiger charge is 2.26. The van der Waals surface area contributed by atoms with Gasteiger partial charge in [-0.15, -0.1) is 0 Å². The van der Waals surface area contributed by atoms with Gasteiger partial charge in [0.25, 0.3) is 5.91 Å². The Hall–Kier alpha value is -2.95. The molecule has 1 amide bonds. The second-order valence-electron chi connectivity index (χ2n) is 6.72. The van der Waals surface area contributed by atoms with E-state index in [9.17, 15) is 4.79 Å². The number of carbonyl (C=O) groups is 1. The molecule has 1 aliphatic rings. The zero-order valence-electron chi connectivity index (χ0n) is 14.9. The van der Waals surface area contributed by atoms with Crippen LogP contribution in [0.2, 0.25) is 0 Å². The molecule has 132 valence electrons. The number of benzene rings is 1. The SMILES string of the molecule is Cc1cnc(-c2ccccc2)n1C1CCN(C(=O)c2ccncc2)CC1. The maximum absolute atomic E-state index is 12.6. The van der Waals surface area contributed by atoms with E-state index in [1.165, 1.54) is 5.69 Å². The first-order valence-corrected chi connectivity index (χ1v) is 9.02. The van der Waals surface area contributed by atoms with Crippen LogP contribution in [0.15, 0.2) is 61.1 Å². The molecule has 1 aromatic carbocycles. The van der Waals surface area contributed by atoms with E-state index in [0.29, 0.717) is 11.6 Å². The number of piperidine rings is 1. The van der Waals surface area contributed by atoms with Crippen molar-refractivity contribution < 1.29 is 4.79 Å². The first-order chi connectivity index (χ1) is 12.7. The van der Waals surface area contributed by atoms with Crippen LogP contribution in [0.5, 0.6) is 0 Å². The first kappa shape index (κ1) is 16.5. The van der Waals surface area contributed by atoms with Crippen molar-refractivity contribution in [3.8, 4) is 11.4 Å². The fraction of sp³-hybridized carbons (Fsp3) is 0.286. The molecule has 5 heteroatoms. The number of likely N-dealkylation sites (tertiary alicyclic amines) is 1. The lowest BCUT2D eigenvalue weighted by Gasteiger charge is -2.34. The van der Waals surface area contributed by atoms with Crippen molar-refractivity contribution in [2.75, 3.05) is 13.1 Å². The molecule has 3 aromatic rings. The van der Waals surface area contributed by atoms with Crippen LogP contribution < -0.4 is 0 Å². The van der Waals surface area contributed by atoms with Crippen molar-refractivity contribution in [1.29, 1.82) is 0 Å². The molecular weight excluding hydrogens is 324 g/mol. The van der Waals surface area contributed by atoms with Gasteiger partial charge in [-0.25, -0.2) is 4.98 Å². The highest BCUT2D eigenvalue weighted by molar-refractivity contribution is 5.94. The molecule has 1 fully saturated rings. The van der Waals surface area contributed by atoms with Crippen molar-refractivity contribution in [3.05, 3.63) is 72.3 Å². The fourth-order valence-electron chi connectivity index (χ4n) is 3.71. The summed E-state index contributed by atoms with van der Waals surface area (Å²) in [6.45, 7) is 3.63. The zero-order chi connectivity index (χ0) is 17.9. The van der Waals surface area contributed by atoms with Crippen molar-refractivity contribution in [2.45, 2.75) is 25.8 Å². The summed E-state index contributed by atoms with van der Waals surface area (Å²) in [7, 11) is 0. The minimum absolute atomic E-state index is 0.0940. The van der Waals surface area contributed by atoms with E-state index in [4.69, 9.17) is 0 Å². The number of hydrogen-bond donors (Lipinski definition) is 0. The molecule has 1 aliphatic heterocycles. The quantitative estimate of drug-likeness (QED) is 0.726. The third-order valence-electron chi connectivity index (χ3n) is 5.06. The topological polar surface area (TPSA) is 51.0 Å².